The molecule has 1 aromatic heterocycles. The lowest BCUT2D eigenvalue weighted by molar-refractivity contribution is 0.317. The molecule has 0 atom stereocenters. The van der Waals surface area contributed by atoms with Crippen LogP contribution in [0.2, 0.25) is 0 Å². The van der Waals surface area contributed by atoms with Crippen molar-refractivity contribution in [3.8, 4) is 0 Å². The minimum Gasteiger partial charge on any atom is -0.409 e. The Balaban J connectivity index is 1.74. The van der Waals surface area contributed by atoms with Crippen LogP contribution in [0.3, 0.4) is 0 Å². The lowest BCUT2D eigenvalue weighted by atomic mass is 10.3. The molecule has 1 heterocycles. The highest BCUT2D eigenvalue weighted by molar-refractivity contribution is 7.99. The molecule has 1 fully saturated rings. The van der Waals surface area contributed by atoms with E-state index in [9.17, 15) is 0 Å². The van der Waals surface area contributed by atoms with Gasteiger partial charge in [-0.2, -0.15) is 0 Å². The summed E-state index contributed by atoms with van der Waals surface area (Å²) in [5.74, 6) is 1.13. The maximum absolute atomic E-state index is 8.36. The zero-order chi connectivity index (χ0) is 11.4. The molecule has 1 aliphatic rings. The van der Waals surface area contributed by atoms with E-state index in [1.807, 2.05) is 4.68 Å². The molecule has 0 spiro atoms. The Morgan fingerprint density at radius 3 is 3.12 bits per heavy atom. The van der Waals surface area contributed by atoms with Crippen LogP contribution in [0.5, 0.6) is 0 Å². The van der Waals surface area contributed by atoms with Gasteiger partial charge in [0.1, 0.15) is 5.84 Å². The summed E-state index contributed by atoms with van der Waals surface area (Å²) in [7, 11) is 0. The Labute approximate surface area is 97.1 Å². The number of aromatic nitrogens is 4. The quantitative estimate of drug-likeness (QED) is 0.189. The van der Waals surface area contributed by atoms with Gasteiger partial charge in [0.05, 0.1) is 6.04 Å². The normalized spacial score (nSPS) is 16.6. The van der Waals surface area contributed by atoms with Crippen LogP contribution >= 0.6 is 11.8 Å². The van der Waals surface area contributed by atoms with Crippen molar-refractivity contribution in [3.63, 3.8) is 0 Å². The van der Waals surface area contributed by atoms with Crippen molar-refractivity contribution >= 4 is 17.6 Å². The average Bonchev–Trinajstić information content (AvgIpc) is 3.04. The molecule has 8 heteroatoms. The summed E-state index contributed by atoms with van der Waals surface area (Å²) in [4.78, 5) is 0. The zero-order valence-corrected chi connectivity index (χ0v) is 9.60. The Morgan fingerprint density at radius 1 is 1.62 bits per heavy atom. The van der Waals surface area contributed by atoms with Crippen LogP contribution in [0.4, 0.5) is 0 Å². The van der Waals surface area contributed by atoms with E-state index in [4.69, 9.17) is 10.9 Å². The molecule has 0 saturated heterocycles. The summed E-state index contributed by atoms with van der Waals surface area (Å²) in [6.45, 7) is 0. The van der Waals surface area contributed by atoms with E-state index in [0.717, 1.165) is 17.3 Å². The molecule has 1 saturated carbocycles. The monoisotopic (exact) mass is 242 g/mol. The Kier molecular flexibility index (Phi) is 3.60. The number of rotatable bonds is 6. The van der Waals surface area contributed by atoms with Gasteiger partial charge in [0.15, 0.2) is 0 Å². The number of hydrogen-bond acceptors (Lipinski definition) is 6. The van der Waals surface area contributed by atoms with Gasteiger partial charge in [-0.05, 0) is 29.7 Å². The lowest BCUT2D eigenvalue weighted by Crippen LogP contribution is -2.11. The van der Waals surface area contributed by atoms with E-state index in [-0.39, 0.29) is 5.84 Å². The van der Waals surface area contributed by atoms with Gasteiger partial charge in [-0.25, -0.2) is 4.68 Å². The van der Waals surface area contributed by atoms with Crippen molar-refractivity contribution in [2.75, 3.05) is 5.75 Å². The number of nitrogens with zero attached hydrogens (tertiary/aromatic N) is 5. The van der Waals surface area contributed by atoms with Gasteiger partial charge in [-0.15, -0.1) is 5.10 Å². The van der Waals surface area contributed by atoms with Gasteiger partial charge in [-0.3, -0.25) is 0 Å². The molecule has 0 amide bonds. The molecule has 0 radical (unpaired) electrons. The summed E-state index contributed by atoms with van der Waals surface area (Å²) in [6, 6.07) is 0.501. The number of oxime groups is 1. The third-order valence-electron chi connectivity index (χ3n) is 2.29. The first-order valence-electron chi connectivity index (χ1n) is 5.18. The van der Waals surface area contributed by atoms with E-state index in [0.29, 0.717) is 12.5 Å². The third-order valence-corrected chi connectivity index (χ3v) is 3.31. The molecule has 0 aromatic carbocycles. The second-order valence-corrected chi connectivity index (χ2v) is 4.74. The first-order chi connectivity index (χ1) is 7.81. The zero-order valence-electron chi connectivity index (χ0n) is 8.78. The van der Waals surface area contributed by atoms with Crippen molar-refractivity contribution in [2.45, 2.75) is 36.9 Å². The summed E-state index contributed by atoms with van der Waals surface area (Å²) in [6.07, 6.45) is 3.78. The number of amidine groups is 1. The van der Waals surface area contributed by atoms with Crippen LogP contribution in [0.15, 0.2) is 10.3 Å². The second kappa shape index (κ2) is 5.15. The maximum Gasteiger partial charge on any atom is 0.209 e. The van der Waals surface area contributed by atoms with Crippen LogP contribution in [-0.4, -0.2) is 37.0 Å². The fraction of sp³-hybridized carbons (Fsp3) is 0.750. The minimum atomic E-state index is 0.266. The number of thioether (sulfide) groups is 1. The SMILES string of the molecule is N/C(CCCSc1nnnn1C1CC1)=N\O. The van der Waals surface area contributed by atoms with E-state index in [1.165, 1.54) is 12.8 Å². The molecule has 1 aromatic rings. The fourth-order valence-corrected chi connectivity index (χ4v) is 2.18. The summed E-state index contributed by atoms with van der Waals surface area (Å²) >= 11 is 1.61. The number of tetrazole rings is 1. The van der Waals surface area contributed by atoms with Gasteiger partial charge >= 0.3 is 0 Å². The van der Waals surface area contributed by atoms with Gasteiger partial charge in [0.2, 0.25) is 5.16 Å². The number of hydrogen-bond donors (Lipinski definition) is 2. The van der Waals surface area contributed by atoms with Crippen LogP contribution in [0.1, 0.15) is 31.7 Å². The molecule has 3 N–H and O–H groups in total. The summed E-state index contributed by atoms with van der Waals surface area (Å²) < 4.78 is 1.88. The van der Waals surface area contributed by atoms with E-state index >= 15 is 0 Å². The fourth-order valence-electron chi connectivity index (χ4n) is 1.30. The highest BCUT2D eigenvalue weighted by Crippen LogP contribution is 2.36. The molecule has 88 valence electrons. The maximum atomic E-state index is 8.36. The van der Waals surface area contributed by atoms with Gasteiger partial charge in [0, 0.05) is 12.2 Å². The number of nitrogens with two attached hydrogens (primary N) is 1. The second-order valence-electron chi connectivity index (χ2n) is 3.68. The molecule has 0 aliphatic heterocycles. The van der Waals surface area contributed by atoms with Crippen molar-refractivity contribution in [1.29, 1.82) is 0 Å². The largest absolute Gasteiger partial charge is 0.409 e. The molecular formula is C8H14N6OS. The predicted molar refractivity (Wildman–Crippen MR) is 59.5 cm³/mol. The van der Waals surface area contributed by atoms with Crippen LogP contribution in [0.25, 0.3) is 0 Å². The summed E-state index contributed by atoms with van der Waals surface area (Å²) in [5.41, 5.74) is 5.37. The topological polar surface area (TPSA) is 102 Å². The first kappa shape index (κ1) is 11.2. The molecule has 1 aliphatic carbocycles. The molecule has 0 unspecified atom stereocenters. The Hall–Kier alpha value is -1.31. The van der Waals surface area contributed by atoms with E-state index < -0.39 is 0 Å². The Bertz CT molecular complexity index is 374. The smallest absolute Gasteiger partial charge is 0.209 e. The predicted octanol–water partition coefficient (Wildman–Crippen LogP) is 0.627. The molecule has 2 rings (SSSR count). The highest BCUT2D eigenvalue weighted by atomic mass is 32.2. The molecule has 16 heavy (non-hydrogen) atoms. The molecule has 0 bridgehead atoms. The van der Waals surface area contributed by atoms with Crippen molar-refractivity contribution in [1.82, 2.24) is 20.2 Å². The average molecular weight is 242 g/mol. The lowest BCUT2D eigenvalue weighted by Gasteiger charge is -2.01. The van der Waals surface area contributed by atoms with Crippen molar-refractivity contribution in [2.24, 2.45) is 10.9 Å². The van der Waals surface area contributed by atoms with Gasteiger partial charge in [-0.1, -0.05) is 16.9 Å². The van der Waals surface area contributed by atoms with Crippen LogP contribution in [-0.2, 0) is 0 Å². The molecule has 7 nitrogen and oxygen atoms in total. The van der Waals surface area contributed by atoms with Crippen molar-refractivity contribution < 1.29 is 5.21 Å². The van der Waals surface area contributed by atoms with Gasteiger partial charge < -0.3 is 10.9 Å². The standard InChI is InChI=1S/C8H14N6OS/c9-7(11-15)2-1-5-16-8-10-12-13-14(8)6-3-4-6/h6,15H,1-5H2,(H2,9,11). The van der Waals surface area contributed by atoms with E-state index in [1.54, 1.807) is 11.8 Å². The summed E-state index contributed by atoms with van der Waals surface area (Å²) in [5, 5.41) is 23.7. The third kappa shape index (κ3) is 2.84. The highest BCUT2D eigenvalue weighted by Gasteiger charge is 2.27. The first-order valence-corrected chi connectivity index (χ1v) is 6.17. The molecular weight excluding hydrogens is 228 g/mol. The van der Waals surface area contributed by atoms with Crippen molar-refractivity contribution in [3.05, 3.63) is 0 Å². The Morgan fingerprint density at radius 2 is 2.44 bits per heavy atom. The minimum absolute atomic E-state index is 0.266. The van der Waals surface area contributed by atoms with Crippen LogP contribution in [0, 0.1) is 0 Å². The van der Waals surface area contributed by atoms with Crippen LogP contribution < -0.4 is 5.73 Å². The van der Waals surface area contributed by atoms with Gasteiger partial charge in [0.25, 0.3) is 0 Å². The van der Waals surface area contributed by atoms with E-state index in [2.05, 4.69) is 20.7 Å².